The highest BCUT2D eigenvalue weighted by Crippen LogP contribution is 2.29. The lowest BCUT2D eigenvalue weighted by Crippen LogP contribution is -2.37. The van der Waals surface area contributed by atoms with Crippen molar-refractivity contribution in [1.82, 2.24) is 5.32 Å². The maximum atomic E-state index is 11.8. The van der Waals surface area contributed by atoms with Crippen LogP contribution < -0.4 is 5.32 Å². The van der Waals surface area contributed by atoms with Gasteiger partial charge >= 0.3 is 6.18 Å². The molecular weight excluding hydrogens is 263 g/mol. The van der Waals surface area contributed by atoms with Gasteiger partial charge in [0.15, 0.2) is 0 Å². The minimum Gasteiger partial charge on any atom is -0.372 e. The molecule has 0 aromatic rings. The zero-order valence-corrected chi connectivity index (χ0v) is 12.2. The Morgan fingerprint density at radius 1 is 1.17 bits per heavy atom. The molecule has 0 unspecified atom stereocenters. The Kier molecular flexibility index (Phi) is 9.07. The van der Waals surface area contributed by atoms with E-state index in [0.717, 1.165) is 19.4 Å². The third-order valence-corrected chi connectivity index (χ3v) is 4.66. The van der Waals surface area contributed by atoms with E-state index in [-0.39, 0.29) is 11.4 Å². The third kappa shape index (κ3) is 8.21. The van der Waals surface area contributed by atoms with Crippen LogP contribution in [-0.4, -0.2) is 43.5 Å². The summed E-state index contributed by atoms with van der Waals surface area (Å²) in [5.41, 5.74) is 0. The SMILES string of the molecule is CCC(CC)(CNCCCOCC(F)(F)F)SC. The van der Waals surface area contributed by atoms with Gasteiger partial charge in [-0.3, -0.25) is 0 Å². The number of alkyl halides is 3. The molecular formula is C12H24F3NOS. The molecule has 2 nitrogen and oxygen atoms in total. The van der Waals surface area contributed by atoms with E-state index in [0.29, 0.717) is 13.0 Å². The second kappa shape index (κ2) is 9.04. The first-order valence-corrected chi connectivity index (χ1v) is 7.52. The van der Waals surface area contributed by atoms with E-state index in [4.69, 9.17) is 0 Å². The fraction of sp³-hybridized carbons (Fsp3) is 1.00. The average molecular weight is 287 g/mol. The largest absolute Gasteiger partial charge is 0.411 e. The van der Waals surface area contributed by atoms with Crippen LogP contribution in [0, 0.1) is 0 Å². The first-order valence-electron chi connectivity index (χ1n) is 6.29. The first-order chi connectivity index (χ1) is 8.39. The topological polar surface area (TPSA) is 21.3 Å². The lowest BCUT2D eigenvalue weighted by atomic mass is 10.0. The van der Waals surface area contributed by atoms with E-state index in [1.54, 1.807) is 0 Å². The summed E-state index contributed by atoms with van der Waals surface area (Å²) in [7, 11) is 0. The lowest BCUT2D eigenvalue weighted by Gasteiger charge is -2.30. The summed E-state index contributed by atoms with van der Waals surface area (Å²) in [5.74, 6) is 0. The molecule has 0 aliphatic rings. The highest BCUT2D eigenvalue weighted by atomic mass is 32.2. The summed E-state index contributed by atoms with van der Waals surface area (Å²) in [4.78, 5) is 0. The molecule has 6 heteroatoms. The molecule has 0 amide bonds. The Bertz CT molecular complexity index is 200. The molecule has 0 saturated heterocycles. The van der Waals surface area contributed by atoms with E-state index in [2.05, 4.69) is 30.2 Å². The molecule has 0 rings (SSSR count). The Balaban J connectivity index is 3.56. The van der Waals surface area contributed by atoms with Crippen LogP contribution in [0.2, 0.25) is 0 Å². The second-order valence-electron chi connectivity index (χ2n) is 4.29. The van der Waals surface area contributed by atoms with Crippen LogP contribution in [0.4, 0.5) is 13.2 Å². The minimum absolute atomic E-state index is 0.150. The summed E-state index contributed by atoms with van der Waals surface area (Å²) in [6, 6.07) is 0. The Morgan fingerprint density at radius 3 is 2.22 bits per heavy atom. The van der Waals surface area contributed by atoms with Crippen LogP contribution in [0.15, 0.2) is 0 Å². The Hall–Kier alpha value is 0.0600. The molecule has 0 bridgehead atoms. The van der Waals surface area contributed by atoms with E-state index in [1.165, 1.54) is 0 Å². The molecule has 0 saturated carbocycles. The number of halogens is 3. The summed E-state index contributed by atoms with van der Waals surface area (Å²) < 4.78 is 40.1. The van der Waals surface area contributed by atoms with Crippen molar-refractivity contribution in [3.63, 3.8) is 0 Å². The average Bonchev–Trinajstić information content (AvgIpc) is 2.32. The van der Waals surface area contributed by atoms with Crippen LogP contribution in [-0.2, 0) is 4.74 Å². The molecule has 0 radical (unpaired) electrons. The highest BCUT2D eigenvalue weighted by molar-refractivity contribution is 8.00. The van der Waals surface area contributed by atoms with E-state index < -0.39 is 12.8 Å². The predicted molar refractivity (Wildman–Crippen MR) is 71.2 cm³/mol. The van der Waals surface area contributed by atoms with E-state index >= 15 is 0 Å². The summed E-state index contributed by atoms with van der Waals surface area (Å²) in [6.45, 7) is 4.91. The first kappa shape index (κ1) is 18.1. The van der Waals surface area contributed by atoms with Gasteiger partial charge in [-0.1, -0.05) is 13.8 Å². The van der Waals surface area contributed by atoms with E-state index in [9.17, 15) is 13.2 Å². The molecule has 0 aromatic heterocycles. The normalized spacial score (nSPS) is 13.0. The van der Waals surface area contributed by atoms with Crippen LogP contribution in [0.3, 0.4) is 0 Å². The van der Waals surface area contributed by atoms with Crippen LogP contribution in [0.1, 0.15) is 33.1 Å². The van der Waals surface area contributed by atoms with Gasteiger partial charge in [-0.25, -0.2) is 0 Å². The second-order valence-corrected chi connectivity index (χ2v) is 5.57. The minimum atomic E-state index is -4.22. The highest BCUT2D eigenvalue weighted by Gasteiger charge is 2.27. The van der Waals surface area contributed by atoms with Gasteiger partial charge < -0.3 is 10.1 Å². The maximum absolute atomic E-state index is 11.8. The van der Waals surface area contributed by atoms with Crippen molar-refractivity contribution in [1.29, 1.82) is 0 Å². The quantitative estimate of drug-likeness (QED) is 0.622. The van der Waals surface area contributed by atoms with Gasteiger partial charge in [0.25, 0.3) is 0 Å². The fourth-order valence-corrected chi connectivity index (χ4v) is 2.49. The predicted octanol–water partition coefficient (Wildman–Crippen LogP) is 3.47. The lowest BCUT2D eigenvalue weighted by molar-refractivity contribution is -0.173. The van der Waals surface area contributed by atoms with Crippen molar-refractivity contribution in [2.75, 3.05) is 32.6 Å². The number of hydrogen-bond acceptors (Lipinski definition) is 3. The van der Waals surface area contributed by atoms with Crippen molar-refractivity contribution in [3.05, 3.63) is 0 Å². The molecule has 0 spiro atoms. The molecule has 1 N–H and O–H groups in total. The smallest absolute Gasteiger partial charge is 0.372 e. The number of hydrogen-bond donors (Lipinski definition) is 1. The van der Waals surface area contributed by atoms with Crippen LogP contribution in [0.25, 0.3) is 0 Å². The van der Waals surface area contributed by atoms with E-state index in [1.807, 2.05) is 11.8 Å². The zero-order valence-electron chi connectivity index (χ0n) is 11.4. The molecule has 110 valence electrons. The van der Waals surface area contributed by atoms with Gasteiger partial charge in [0, 0.05) is 17.9 Å². The molecule has 0 aliphatic carbocycles. The van der Waals surface area contributed by atoms with Gasteiger partial charge in [0.05, 0.1) is 0 Å². The monoisotopic (exact) mass is 287 g/mol. The fourth-order valence-electron chi connectivity index (χ4n) is 1.66. The molecule has 0 fully saturated rings. The van der Waals surface area contributed by atoms with Crippen molar-refractivity contribution in [3.8, 4) is 0 Å². The van der Waals surface area contributed by atoms with Crippen molar-refractivity contribution in [2.45, 2.75) is 44.0 Å². The third-order valence-electron chi connectivity index (χ3n) is 3.08. The zero-order chi connectivity index (χ0) is 14.1. The van der Waals surface area contributed by atoms with Crippen LogP contribution >= 0.6 is 11.8 Å². The van der Waals surface area contributed by atoms with Gasteiger partial charge in [-0.15, -0.1) is 0 Å². The van der Waals surface area contributed by atoms with Gasteiger partial charge in [0.1, 0.15) is 6.61 Å². The number of nitrogens with one attached hydrogen (secondary N) is 1. The van der Waals surface area contributed by atoms with Crippen molar-refractivity contribution >= 4 is 11.8 Å². The van der Waals surface area contributed by atoms with Crippen molar-refractivity contribution < 1.29 is 17.9 Å². The van der Waals surface area contributed by atoms with Gasteiger partial charge in [-0.2, -0.15) is 24.9 Å². The van der Waals surface area contributed by atoms with Gasteiger partial charge in [-0.05, 0) is 32.1 Å². The summed E-state index contributed by atoms with van der Waals surface area (Å²) in [5, 5.41) is 3.29. The number of thioether (sulfide) groups is 1. The summed E-state index contributed by atoms with van der Waals surface area (Å²) >= 11 is 1.85. The molecule has 18 heavy (non-hydrogen) atoms. The van der Waals surface area contributed by atoms with Gasteiger partial charge in [0.2, 0.25) is 0 Å². The number of ether oxygens (including phenoxy) is 1. The van der Waals surface area contributed by atoms with Crippen molar-refractivity contribution in [2.24, 2.45) is 0 Å². The maximum Gasteiger partial charge on any atom is 0.411 e. The Labute approximate surface area is 112 Å². The molecule has 0 aromatic carbocycles. The van der Waals surface area contributed by atoms with Crippen LogP contribution in [0.5, 0.6) is 0 Å². The molecule has 0 aliphatic heterocycles. The standard InChI is InChI=1S/C12H24F3NOS/c1-4-11(5-2,18-3)9-16-7-6-8-17-10-12(13,14)15/h16H,4-10H2,1-3H3. The molecule has 0 atom stereocenters. The number of rotatable bonds is 10. The Morgan fingerprint density at radius 2 is 1.78 bits per heavy atom. The summed E-state index contributed by atoms with van der Waals surface area (Å²) in [6.07, 6.45) is 0.658. The molecule has 0 heterocycles.